The van der Waals surface area contributed by atoms with E-state index in [2.05, 4.69) is 44.0 Å². The molecule has 0 aliphatic rings. The fourth-order valence-corrected chi connectivity index (χ4v) is 3.68. The smallest absolute Gasteiger partial charge is 0.380 e. The third-order valence-electron chi connectivity index (χ3n) is 5.33. The molecule has 0 atom stereocenters. The number of hydrogen-bond acceptors (Lipinski definition) is 3. The third-order valence-corrected chi connectivity index (χ3v) is 5.33. The fraction of sp³-hybridized carbons (Fsp3) is 0.750. The number of phenolic OH excluding ortho intramolecular Hbond substituents is 1. The molecule has 1 aromatic carbocycles. The Morgan fingerprint density at radius 3 is 1.46 bits per heavy atom. The molecule has 0 saturated heterocycles. The molecule has 0 bridgehead atoms. The minimum atomic E-state index is -3.94. The first-order chi connectivity index (χ1) is 16.3. The molecular formula is C24H48O7P2S2. The minimum Gasteiger partial charge on any atom is -0.508 e. The number of aromatic hydroxyl groups is 1. The molecular weight excluding hydrogens is 526 g/mol. The Hall–Kier alpha value is 0.0500. The topological polar surface area (TPSA) is 138 Å². The first-order valence-electron chi connectivity index (χ1n) is 12.7. The molecule has 35 heavy (non-hydrogen) atoms. The zero-order chi connectivity index (χ0) is 27.2. The molecule has 0 heterocycles. The van der Waals surface area contributed by atoms with Gasteiger partial charge in [0.2, 0.25) is 0 Å². The number of phenols is 1. The summed E-state index contributed by atoms with van der Waals surface area (Å²) in [6, 6.07) is 6.11. The summed E-state index contributed by atoms with van der Waals surface area (Å²) < 4.78 is 9.19. The molecule has 0 radical (unpaired) electrons. The zero-order valence-corrected chi connectivity index (χ0v) is 24.9. The molecule has 7 nitrogen and oxygen atoms in total. The monoisotopic (exact) mass is 574 g/mol. The van der Waals surface area contributed by atoms with E-state index in [1.807, 2.05) is 12.1 Å². The number of benzene rings is 1. The molecule has 1 aromatic rings. The van der Waals surface area contributed by atoms with Crippen LogP contribution in [-0.4, -0.2) is 29.6 Å². The van der Waals surface area contributed by atoms with Crippen molar-refractivity contribution in [1.29, 1.82) is 0 Å². The fourth-order valence-electron chi connectivity index (χ4n) is 3.68. The van der Waals surface area contributed by atoms with E-state index in [4.69, 9.17) is 24.5 Å². The van der Waals surface area contributed by atoms with Crippen molar-refractivity contribution in [2.75, 3.05) is 0 Å². The van der Waals surface area contributed by atoms with Crippen LogP contribution in [0.1, 0.15) is 115 Å². The van der Waals surface area contributed by atoms with Gasteiger partial charge in [-0.15, -0.1) is 0 Å². The van der Waals surface area contributed by atoms with E-state index in [0.717, 1.165) is 12.8 Å². The third kappa shape index (κ3) is 34.0. The van der Waals surface area contributed by atoms with E-state index in [0.29, 0.717) is 5.75 Å². The van der Waals surface area contributed by atoms with Gasteiger partial charge in [-0.1, -0.05) is 115 Å². The lowest BCUT2D eigenvalue weighted by Crippen LogP contribution is -1.96. The maximum atomic E-state index is 10.3. The van der Waals surface area contributed by atoms with Crippen LogP contribution < -0.4 is 0 Å². The Kier molecular flexibility index (Phi) is 24.6. The van der Waals surface area contributed by atoms with Gasteiger partial charge < -0.3 is 29.6 Å². The summed E-state index contributed by atoms with van der Waals surface area (Å²) in [5.74, 6) is 0.520. The predicted molar refractivity (Wildman–Crippen MR) is 153 cm³/mol. The Morgan fingerprint density at radius 1 is 0.714 bits per heavy atom. The van der Waals surface area contributed by atoms with Gasteiger partial charge in [0.15, 0.2) is 0 Å². The average Bonchev–Trinajstić information content (AvgIpc) is 2.71. The Labute approximate surface area is 223 Å². The predicted octanol–water partition coefficient (Wildman–Crippen LogP) is 7.18. The molecule has 0 fully saturated rings. The number of thiol groups is 1. The average molecular weight is 575 g/mol. The highest BCUT2D eigenvalue weighted by Gasteiger charge is 2.07. The molecule has 0 unspecified atom stereocenters. The maximum absolute atomic E-state index is 10.3. The highest BCUT2D eigenvalue weighted by Crippen LogP contribution is 2.39. The van der Waals surface area contributed by atoms with Gasteiger partial charge in [-0.05, 0) is 54.7 Å². The Balaban J connectivity index is 0. The van der Waals surface area contributed by atoms with Crippen molar-refractivity contribution >= 4 is 37.6 Å². The lowest BCUT2D eigenvalue weighted by Gasteiger charge is -2.12. The second-order valence-corrected chi connectivity index (χ2v) is 13.8. The van der Waals surface area contributed by atoms with Crippen molar-refractivity contribution in [2.24, 2.45) is 0 Å². The quantitative estimate of drug-likeness (QED) is 0.0626. The lowest BCUT2D eigenvalue weighted by atomic mass is 9.95. The Morgan fingerprint density at radius 2 is 1.06 bits per heavy atom. The van der Waals surface area contributed by atoms with Crippen molar-refractivity contribution < 1.29 is 34.1 Å². The summed E-state index contributed by atoms with van der Waals surface area (Å²) in [4.78, 5) is 37.7. The first kappa shape index (κ1) is 37.2. The van der Waals surface area contributed by atoms with Crippen LogP contribution in [-0.2, 0) is 29.2 Å². The largest absolute Gasteiger partial charge is 0.508 e. The van der Waals surface area contributed by atoms with Crippen LogP contribution in [0.15, 0.2) is 18.2 Å². The van der Waals surface area contributed by atoms with Crippen molar-refractivity contribution in [3.05, 3.63) is 29.3 Å². The van der Waals surface area contributed by atoms with Gasteiger partial charge in [0.1, 0.15) is 5.75 Å². The van der Waals surface area contributed by atoms with E-state index in [1.165, 1.54) is 101 Å². The van der Waals surface area contributed by atoms with Crippen molar-refractivity contribution in [3.63, 3.8) is 0 Å². The van der Waals surface area contributed by atoms with Crippen LogP contribution >= 0.6 is 25.8 Å². The molecule has 0 spiro atoms. The summed E-state index contributed by atoms with van der Waals surface area (Å²) in [5.41, 5.74) is 2.61. The number of unbranched alkanes of at least 4 members (excludes halogenated alkanes) is 12. The van der Waals surface area contributed by atoms with Gasteiger partial charge in [0, 0.05) is 0 Å². The summed E-state index contributed by atoms with van der Waals surface area (Å²) >= 11 is 6.39. The molecule has 0 aromatic heterocycles. The SMILES string of the molecule is CCCCCCCCCc1cccc(O)c1CCCCCCCCC.O=P(O)(O)S.OP(O)(O)=S. The lowest BCUT2D eigenvalue weighted by molar-refractivity contribution is 0.363. The molecule has 1 rings (SSSR count). The summed E-state index contributed by atoms with van der Waals surface area (Å²) in [6.07, 6.45) is 21.0. The van der Waals surface area contributed by atoms with E-state index in [9.17, 15) is 9.67 Å². The second kappa shape index (κ2) is 23.2. The maximum Gasteiger partial charge on any atom is 0.380 e. The van der Waals surface area contributed by atoms with Gasteiger partial charge >= 0.3 is 13.5 Å². The van der Waals surface area contributed by atoms with Crippen LogP contribution in [0.25, 0.3) is 0 Å². The second-order valence-electron chi connectivity index (χ2n) is 8.68. The zero-order valence-electron chi connectivity index (χ0n) is 21.4. The molecule has 0 aliphatic heterocycles. The van der Waals surface area contributed by atoms with Gasteiger partial charge in [-0.3, -0.25) is 0 Å². The van der Waals surface area contributed by atoms with Crippen LogP contribution in [0.2, 0.25) is 0 Å². The highest BCUT2D eigenvalue weighted by atomic mass is 32.7. The standard InChI is InChI=1S/C24H42O.2H3O3PS/c1-3-5-7-9-11-13-15-18-22-19-17-21-24(25)23(22)20-16-14-12-10-8-6-4-2;2*1-4(2,3)5/h17,19,21,25H,3-16,18,20H2,1-2H3;2*(H3,1,2,3,5). The normalized spacial score (nSPS) is 11.3. The number of rotatable bonds is 16. The van der Waals surface area contributed by atoms with Crippen molar-refractivity contribution in [3.8, 4) is 5.75 Å². The molecule has 208 valence electrons. The van der Waals surface area contributed by atoms with E-state index in [1.54, 1.807) is 0 Å². The number of aryl methyl sites for hydroxylation is 1. The summed E-state index contributed by atoms with van der Waals surface area (Å²) in [5, 5.41) is 10.3. The van der Waals surface area contributed by atoms with Gasteiger partial charge in [0.05, 0.1) is 0 Å². The van der Waals surface area contributed by atoms with Gasteiger partial charge in [-0.25, -0.2) is 4.57 Å². The van der Waals surface area contributed by atoms with Crippen LogP contribution in [0.3, 0.4) is 0 Å². The van der Waals surface area contributed by atoms with Crippen molar-refractivity contribution in [1.82, 2.24) is 0 Å². The highest BCUT2D eigenvalue weighted by molar-refractivity contribution is 8.43. The molecule has 0 amide bonds. The van der Waals surface area contributed by atoms with Crippen LogP contribution in [0.4, 0.5) is 0 Å². The van der Waals surface area contributed by atoms with Gasteiger partial charge in [0.25, 0.3) is 0 Å². The summed E-state index contributed by atoms with van der Waals surface area (Å²) in [6.45, 7) is -3.21. The molecule has 0 saturated carbocycles. The Bertz CT molecular complexity index is 687. The van der Waals surface area contributed by atoms with Crippen molar-refractivity contribution in [2.45, 2.75) is 117 Å². The summed E-state index contributed by atoms with van der Waals surface area (Å²) in [7, 11) is 0. The van der Waals surface area contributed by atoms with E-state index < -0.39 is 13.5 Å². The van der Waals surface area contributed by atoms with Gasteiger partial charge in [-0.2, -0.15) is 0 Å². The number of hydrogen-bond donors (Lipinski definition) is 7. The molecule has 6 N–H and O–H groups in total. The van der Waals surface area contributed by atoms with E-state index in [-0.39, 0.29) is 0 Å². The minimum absolute atomic E-state index is 0.520. The molecule has 0 aliphatic carbocycles. The molecule has 11 heteroatoms. The van der Waals surface area contributed by atoms with Crippen LogP contribution in [0, 0.1) is 0 Å². The van der Waals surface area contributed by atoms with Crippen LogP contribution in [0.5, 0.6) is 5.75 Å². The van der Waals surface area contributed by atoms with E-state index >= 15 is 0 Å². The first-order valence-corrected chi connectivity index (χ1v) is 18.1.